The Labute approximate surface area is 114 Å². The predicted molar refractivity (Wildman–Crippen MR) is 70.1 cm³/mol. The van der Waals surface area contributed by atoms with Gasteiger partial charge >= 0.3 is 0 Å². The van der Waals surface area contributed by atoms with Gasteiger partial charge in [0.1, 0.15) is 6.33 Å². The van der Waals surface area contributed by atoms with Gasteiger partial charge in [-0.25, -0.2) is 9.97 Å². The molecule has 0 bridgehead atoms. The summed E-state index contributed by atoms with van der Waals surface area (Å²) in [6.07, 6.45) is 4.43. The maximum absolute atomic E-state index is 11.9. The molecule has 6 heteroatoms. The van der Waals surface area contributed by atoms with Crippen LogP contribution in [0.4, 0.5) is 0 Å². The molecule has 1 saturated heterocycles. The summed E-state index contributed by atoms with van der Waals surface area (Å²) < 4.78 is 0. The summed E-state index contributed by atoms with van der Waals surface area (Å²) in [6, 6.07) is 3.43. The van der Waals surface area contributed by atoms with Crippen LogP contribution in [0.2, 0.25) is 0 Å². The van der Waals surface area contributed by atoms with E-state index in [0.717, 1.165) is 6.29 Å². The van der Waals surface area contributed by atoms with Gasteiger partial charge < -0.3 is 0 Å². The van der Waals surface area contributed by atoms with Crippen molar-refractivity contribution in [2.45, 2.75) is 18.8 Å². The summed E-state index contributed by atoms with van der Waals surface area (Å²) >= 11 is 0. The summed E-state index contributed by atoms with van der Waals surface area (Å²) in [5.74, 6) is -1.01. The smallest absolute Gasteiger partial charge is 0.234 e. The summed E-state index contributed by atoms with van der Waals surface area (Å²) in [4.78, 5) is 42.3. The van der Waals surface area contributed by atoms with Crippen LogP contribution in [0.5, 0.6) is 0 Å². The average Bonchev–Trinajstić information content (AvgIpc) is 2.46. The molecule has 1 aromatic carbocycles. The largest absolute Gasteiger partial charge is 0.298 e. The number of piperidine rings is 1. The maximum Gasteiger partial charge on any atom is 0.234 e. The number of imide groups is 1. The minimum Gasteiger partial charge on any atom is -0.298 e. The first kappa shape index (κ1) is 12.4. The van der Waals surface area contributed by atoms with Crippen molar-refractivity contribution >= 4 is 29.0 Å². The Morgan fingerprint density at radius 3 is 2.90 bits per heavy atom. The average molecular weight is 269 g/mol. The second-order valence-corrected chi connectivity index (χ2v) is 4.69. The minimum atomic E-state index is -0.425. The lowest BCUT2D eigenvalue weighted by molar-refractivity contribution is -0.134. The molecular weight excluding hydrogens is 258 g/mol. The van der Waals surface area contributed by atoms with E-state index in [4.69, 9.17) is 0 Å². The van der Waals surface area contributed by atoms with Gasteiger partial charge in [-0.05, 0) is 24.1 Å². The fraction of sp³-hybridized carbons (Fsp3) is 0.214. The molecule has 0 saturated carbocycles. The zero-order chi connectivity index (χ0) is 14.1. The standard InChI is InChI=1S/C14H11N3O3/c18-6-9-3-8(4-12-11(9)5-15-7-16-12)10-1-2-13(19)17-14(10)20/h3-7,10H,1-2H2,(H,17,19,20). The summed E-state index contributed by atoms with van der Waals surface area (Å²) in [5, 5.41) is 2.97. The van der Waals surface area contributed by atoms with Crippen LogP contribution < -0.4 is 5.32 Å². The molecule has 3 rings (SSSR count). The number of aromatic nitrogens is 2. The molecule has 2 amide bonds. The van der Waals surface area contributed by atoms with Gasteiger partial charge in [0.15, 0.2) is 6.29 Å². The first-order valence-corrected chi connectivity index (χ1v) is 6.21. The van der Waals surface area contributed by atoms with E-state index in [2.05, 4.69) is 15.3 Å². The van der Waals surface area contributed by atoms with E-state index in [1.165, 1.54) is 6.33 Å². The number of carbonyl (C=O) groups is 3. The van der Waals surface area contributed by atoms with E-state index in [1.54, 1.807) is 18.3 Å². The van der Waals surface area contributed by atoms with Crippen LogP contribution >= 0.6 is 0 Å². The number of nitrogens with zero attached hydrogens (tertiary/aromatic N) is 2. The van der Waals surface area contributed by atoms with Crippen molar-refractivity contribution in [3.8, 4) is 0 Å². The van der Waals surface area contributed by atoms with Gasteiger partial charge in [-0.1, -0.05) is 0 Å². The normalized spacial score (nSPS) is 18.9. The molecule has 1 atom stereocenters. The summed E-state index contributed by atoms with van der Waals surface area (Å²) in [7, 11) is 0. The molecule has 1 unspecified atom stereocenters. The van der Waals surface area contributed by atoms with Crippen molar-refractivity contribution in [3.05, 3.63) is 35.8 Å². The van der Waals surface area contributed by atoms with Crippen molar-refractivity contribution in [1.82, 2.24) is 15.3 Å². The van der Waals surface area contributed by atoms with E-state index < -0.39 is 5.92 Å². The number of hydrogen-bond donors (Lipinski definition) is 1. The third-order valence-corrected chi connectivity index (χ3v) is 3.45. The predicted octanol–water partition coefficient (Wildman–Crippen LogP) is 0.962. The van der Waals surface area contributed by atoms with Crippen molar-refractivity contribution in [3.63, 3.8) is 0 Å². The van der Waals surface area contributed by atoms with E-state index in [9.17, 15) is 14.4 Å². The monoisotopic (exact) mass is 269 g/mol. The zero-order valence-corrected chi connectivity index (χ0v) is 10.5. The SMILES string of the molecule is O=Cc1cc(C2CCC(=O)NC2=O)cc2ncncc12. The van der Waals surface area contributed by atoms with E-state index in [-0.39, 0.29) is 11.8 Å². The molecule has 20 heavy (non-hydrogen) atoms. The van der Waals surface area contributed by atoms with Gasteiger partial charge in [0.05, 0.1) is 11.4 Å². The second kappa shape index (κ2) is 4.80. The number of hydrogen-bond acceptors (Lipinski definition) is 5. The molecule has 2 heterocycles. The highest BCUT2D eigenvalue weighted by molar-refractivity contribution is 6.02. The van der Waals surface area contributed by atoms with E-state index in [1.807, 2.05) is 0 Å². The molecule has 1 aliphatic rings. The third kappa shape index (κ3) is 2.05. The Kier molecular flexibility index (Phi) is 2.98. The fourth-order valence-electron chi connectivity index (χ4n) is 2.44. The Bertz CT molecular complexity index is 727. The molecule has 0 radical (unpaired) electrons. The number of nitrogens with one attached hydrogen (secondary N) is 1. The Hall–Kier alpha value is -2.63. The van der Waals surface area contributed by atoms with Gasteiger partial charge in [-0.2, -0.15) is 0 Å². The molecular formula is C14H11N3O3. The number of amides is 2. The maximum atomic E-state index is 11.9. The van der Waals surface area contributed by atoms with Crippen LogP contribution in [0.3, 0.4) is 0 Å². The van der Waals surface area contributed by atoms with Crippen LogP contribution in [0, 0.1) is 0 Å². The third-order valence-electron chi connectivity index (χ3n) is 3.45. The second-order valence-electron chi connectivity index (χ2n) is 4.69. The van der Waals surface area contributed by atoms with E-state index in [0.29, 0.717) is 34.9 Å². The molecule has 1 aromatic heterocycles. The molecule has 0 spiro atoms. The molecule has 100 valence electrons. The van der Waals surface area contributed by atoms with Crippen molar-refractivity contribution in [2.75, 3.05) is 0 Å². The van der Waals surface area contributed by atoms with Crippen molar-refractivity contribution in [1.29, 1.82) is 0 Å². The van der Waals surface area contributed by atoms with Crippen LogP contribution in [0.1, 0.15) is 34.7 Å². The van der Waals surface area contributed by atoms with Gasteiger partial charge in [-0.15, -0.1) is 0 Å². The minimum absolute atomic E-state index is 0.259. The first-order valence-electron chi connectivity index (χ1n) is 6.21. The van der Waals surface area contributed by atoms with Crippen LogP contribution in [-0.4, -0.2) is 28.1 Å². The van der Waals surface area contributed by atoms with Gasteiger partial charge in [0, 0.05) is 23.6 Å². The van der Waals surface area contributed by atoms with Gasteiger partial charge in [0.2, 0.25) is 11.8 Å². The van der Waals surface area contributed by atoms with E-state index >= 15 is 0 Å². The fourth-order valence-corrected chi connectivity index (χ4v) is 2.44. The van der Waals surface area contributed by atoms with Crippen LogP contribution in [0.15, 0.2) is 24.7 Å². The highest BCUT2D eigenvalue weighted by Crippen LogP contribution is 2.28. The Balaban J connectivity index is 2.10. The number of rotatable bonds is 2. The number of benzene rings is 1. The molecule has 0 aliphatic carbocycles. The topological polar surface area (TPSA) is 89.0 Å². The van der Waals surface area contributed by atoms with Gasteiger partial charge in [0.25, 0.3) is 0 Å². The lowest BCUT2D eigenvalue weighted by Crippen LogP contribution is -2.39. The summed E-state index contributed by atoms with van der Waals surface area (Å²) in [5.41, 5.74) is 1.76. The molecule has 2 aromatic rings. The van der Waals surface area contributed by atoms with Crippen LogP contribution in [-0.2, 0) is 9.59 Å². The number of fused-ring (bicyclic) bond motifs is 1. The number of carbonyl (C=O) groups excluding carboxylic acids is 3. The molecule has 1 N–H and O–H groups in total. The van der Waals surface area contributed by atoms with Crippen molar-refractivity contribution in [2.24, 2.45) is 0 Å². The Morgan fingerprint density at radius 2 is 2.15 bits per heavy atom. The van der Waals surface area contributed by atoms with Crippen molar-refractivity contribution < 1.29 is 14.4 Å². The quantitative estimate of drug-likeness (QED) is 0.648. The lowest BCUT2D eigenvalue weighted by atomic mass is 9.89. The van der Waals surface area contributed by atoms with Gasteiger partial charge in [-0.3, -0.25) is 19.7 Å². The zero-order valence-electron chi connectivity index (χ0n) is 10.5. The number of aldehydes is 1. The first-order chi connectivity index (χ1) is 9.69. The molecule has 1 aliphatic heterocycles. The summed E-state index contributed by atoms with van der Waals surface area (Å²) in [6.45, 7) is 0. The highest BCUT2D eigenvalue weighted by atomic mass is 16.2. The molecule has 6 nitrogen and oxygen atoms in total. The molecule has 1 fully saturated rings. The van der Waals surface area contributed by atoms with Crippen LogP contribution in [0.25, 0.3) is 10.9 Å². The Morgan fingerprint density at radius 1 is 1.30 bits per heavy atom. The highest BCUT2D eigenvalue weighted by Gasteiger charge is 2.28. The lowest BCUT2D eigenvalue weighted by Gasteiger charge is -2.21.